The number of aromatic amines is 1. The number of likely N-dealkylation sites (tertiary alicyclic amines) is 1. The normalized spacial score (nSPS) is 23.3. The number of H-pyrrole nitrogens is 1. The second kappa shape index (κ2) is 14.1. The van der Waals surface area contributed by atoms with Gasteiger partial charge in [0.2, 0.25) is 23.8 Å². The van der Waals surface area contributed by atoms with E-state index < -0.39 is 0 Å². The lowest BCUT2D eigenvalue weighted by Gasteiger charge is -2.37. The van der Waals surface area contributed by atoms with E-state index in [2.05, 4.69) is 10.3 Å². The van der Waals surface area contributed by atoms with Gasteiger partial charge in [0.1, 0.15) is 0 Å². The fourth-order valence-electron chi connectivity index (χ4n) is 7.41. The maximum atomic E-state index is 13.2. The number of anilines is 4. The van der Waals surface area contributed by atoms with Crippen LogP contribution in [0.15, 0.2) is 53.3 Å². The van der Waals surface area contributed by atoms with Crippen LogP contribution in [0.3, 0.4) is 0 Å². The molecule has 264 valence electrons. The summed E-state index contributed by atoms with van der Waals surface area (Å²) < 4.78 is 1.79. The molecule has 2 aromatic carbocycles. The number of piperidine rings is 3. The van der Waals surface area contributed by atoms with Crippen LogP contribution in [0.5, 0.6) is 0 Å². The number of Topliss-reactive ketones (excluding diaryl/α,β-unsaturated/α-hetero) is 1. The molecule has 16 nitrogen and oxygen atoms in total. The molecule has 3 aliphatic heterocycles. The van der Waals surface area contributed by atoms with Gasteiger partial charge < -0.3 is 47.9 Å². The van der Waals surface area contributed by atoms with Gasteiger partial charge in [-0.15, -0.1) is 0 Å². The van der Waals surface area contributed by atoms with E-state index in [-0.39, 0.29) is 54.0 Å². The number of benzene rings is 2. The number of aromatic nitrogens is 5. The molecule has 4 atom stereocenters. The molecule has 7 rings (SSSR count). The van der Waals surface area contributed by atoms with E-state index in [1.807, 2.05) is 34.1 Å². The number of fused-ring (bicyclic) bond motifs is 1. The first-order chi connectivity index (χ1) is 24.1. The van der Waals surface area contributed by atoms with Gasteiger partial charge in [0, 0.05) is 80.7 Å². The first-order valence-electron chi connectivity index (χ1n) is 17.2. The summed E-state index contributed by atoms with van der Waals surface area (Å²) in [5, 5.41) is 3.24. The molecule has 16 heteroatoms. The molecule has 1 amide bonds. The second-order valence-corrected chi connectivity index (χ2v) is 13.8. The minimum absolute atomic E-state index is 0.0139. The van der Waals surface area contributed by atoms with Gasteiger partial charge in [0.25, 0.3) is 0 Å². The van der Waals surface area contributed by atoms with Gasteiger partial charge in [0.05, 0.1) is 17.5 Å². The largest absolute Gasteiger partial charge is 0.342 e. The molecule has 0 bridgehead atoms. The Labute approximate surface area is 289 Å². The van der Waals surface area contributed by atoms with Gasteiger partial charge in [-0.2, -0.15) is 15.0 Å². The van der Waals surface area contributed by atoms with Crippen molar-refractivity contribution in [3.05, 3.63) is 64.6 Å². The van der Waals surface area contributed by atoms with Crippen LogP contribution < -0.4 is 43.7 Å². The Bertz CT molecular complexity index is 1840. The zero-order valence-corrected chi connectivity index (χ0v) is 27.9. The summed E-state index contributed by atoms with van der Waals surface area (Å²) in [4.78, 5) is 61.6. The highest BCUT2D eigenvalue weighted by atomic mass is 16.2. The van der Waals surface area contributed by atoms with Crippen molar-refractivity contribution in [1.82, 2.24) is 29.4 Å². The molecule has 3 aliphatic rings. The lowest BCUT2D eigenvalue weighted by molar-refractivity contribution is -0.131. The number of para-hydroxylation sites is 2. The zero-order chi connectivity index (χ0) is 34.9. The molecule has 10 N–H and O–H groups in total. The predicted octanol–water partition coefficient (Wildman–Crippen LogP) is 0.424. The minimum Gasteiger partial charge on any atom is -0.342 e. The number of amides is 1. The molecular formula is C34H45N13O3. The van der Waals surface area contributed by atoms with Gasteiger partial charge in [-0.3, -0.25) is 14.2 Å². The fraction of sp³-hybridized carbons (Fsp3) is 0.471. The van der Waals surface area contributed by atoms with Crippen LogP contribution in [0.25, 0.3) is 11.0 Å². The zero-order valence-electron chi connectivity index (χ0n) is 27.9. The lowest BCUT2D eigenvalue weighted by Crippen LogP contribution is -2.54. The van der Waals surface area contributed by atoms with E-state index in [9.17, 15) is 14.4 Å². The van der Waals surface area contributed by atoms with Crippen LogP contribution in [0.1, 0.15) is 48.5 Å². The van der Waals surface area contributed by atoms with Gasteiger partial charge in [-0.05, 0) is 62.1 Å². The van der Waals surface area contributed by atoms with Crippen LogP contribution >= 0.6 is 0 Å². The summed E-state index contributed by atoms with van der Waals surface area (Å²) in [5.41, 5.74) is 27.7. The van der Waals surface area contributed by atoms with Crippen molar-refractivity contribution < 1.29 is 9.59 Å². The minimum atomic E-state index is -0.267. The summed E-state index contributed by atoms with van der Waals surface area (Å²) in [6.45, 7) is 3.21. The van der Waals surface area contributed by atoms with Gasteiger partial charge in [0.15, 0.2) is 5.78 Å². The van der Waals surface area contributed by atoms with E-state index in [4.69, 9.17) is 37.9 Å². The van der Waals surface area contributed by atoms with Crippen molar-refractivity contribution in [2.24, 2.45) is 22.9 Å². The Morgan fingerprint density at radius 2 is 1.34 bits per heavy atom. The number of ketones is 1. The number of imidazole rings is 1. The summed E-state index contributed by atoms with van der Waals surface area (Å²) >= 11 is 0. The molecule has 0 unspecified atom stereocenters. The van der Waals surface area contributed by atoms with Crippen molar-refractivity contribution in [1.29, 1.82) is 0 Å². The third-order valence-corrected chi connectivity index (χ3v) is 9.79. The van der Waals surface area contributed by atoms with Gasteiger partial charge >= 0.3 is 5.69 Å². The Balaban J connectivity index is 0.999. The molecule has 2 aromatic heterocycles. The number of nitrogens with two attached hydrogens (primary N) is 4. The maximum absolute atomic E-state index is 13.2. The van der Waals surface area contributed by atoms with Crippen molar-refractivity contribution >= 4 is 46.3 Å². The Kier molecular flexibility index (Phi) is 9.50. The first kappa shape index (κ1) is 33.6. The number of rotatable bonds is 8. The monoisotopic (exact) mass is 683 g/mol. The summed E-state index contributed by atoms with van der Waals surface area (Å²) in [6, 6.07) is 14.0. The van der Waals surface area contributed by atoms with Crippen molar-refractivity contribution in [2.45, 2.75) is 62.3 Å². The molecule has 0 spiro atoms. The average Bonchev–Trinajstić information content (AvgIpc) is 3.43. The van der Waals surface area contributed by atoms with Crippen molar-refractivity contribution in [2.75, 3.05) is 54.4 Å². The third-order valence-electron chi connectivity index (χ3n) is 9.79. The smallest absolute Gasteiger partial charge is 0.326 e. The standard InChI is InChI=1S/C34H45N13O3/c35-21-13-22(36)17-45(16-21)32-41-31(42-33(43-32)46-18-23(37)14-24(38)19-46)39-25-7-5-20(6-8-25)29(48)15-30(49)44-11-9-26(10-12-44)47-28-4-2-1-3-27(28)40-34(47)50/h1-8,21-24,26H,9-19,35-38H2,(H,40,50)(H,39,41,42,43)/t21-,22+,23-,24+. The Hall–Kier alpha value is -4.90. The molecule has 0 saturated carbocycles. The van der Waals surface area contributed by atoms with Crippen molar-refractivity contribution in [3.63, 3.8) is 0 Å². The van der Waals surface area contributed by atoms with Crippen LogP contribution in [0.2, 0.25) is 0 Å². The molecule has 4 aromatic rings. The number of carbonyl (C=O) groups is 2. The van der Waals surface area contributed by atoms with E-state index >= 15 is 0 Å². The summed E-state index contributed by atoms with van der Waals surface area (Å²) in [6.07, 6.45) is 2.48. The number of carbonyl (C=O) groups excluding carboxylic acids is 2. The highest BCUT2D eigenvalue weighted by molar-refractivity contribution is 6.07. The molecule has 0 aliphatic carbocycles. The number of hydrogen-bond acceptors (Lipinski definition) is 13. The highest BCUT2D eigenvalue weighted by Crippen LogP contribution is 2.27. The molecule has 3 fully saturated rings. The Morgan fingerprint density at radius 3 is 1.92 bits per heavy atom. The van der Waals surface area contributed by atoms with E-state index in [1.54, 1.807) is 33.7 Å². The van der Waals surface area contributed by atoms with E-state index in [0.717, 1.165) is 23.9 Å². The average molecular weight is 684 g/mol. The SMILES string of the molecule is N[C@@H]1C[C@H](N)CN(c2nc(Nc3ccc(C(=O)CC(=O)N4CCC(n5c(=O)[nH]c6ccccc65)CC4)cc3)nc(N3C[C@H](N)C[C@H](N)C3)n2)C1. The maximum Gasteiger partial charge on any atom is 0.326 e. The van der Waals surface area contributed by atoms with Crippen LogP contribution in [0, 0.1) is 0 Å². The van der Waals surface area contributed by atoms with Crippen LogP contribution in [-0.2, 0) is 4.79 Å². The molecule has 3 saturated heterocycles. The molecule has 5 heterocycles. The van der Waals surface area contributed by atoms with Crippen LogP contribution in [-0.4, -0.2) is 105 Å². The number of nitrogens with zero attached hydrogens (tertiary/aromatic N) is 7. The van der Waals surface area contributed by atoms with Crippen molar-refractivity contribution in [3.8, 4) is 0 Å². The lowest BCUT2D eigenvalue weighted by atomic mass is 10.0. The topological polar surface area (TPSA) is 236 Å². The predicted molar refractivity (Wildman–Crippen MR) is 191 cm³/mol. The van der Waals surface area contributed by atoms with E-state index in [1.165, 1.54) is 0 Å². The second-order valence-electron chi connectivity index (χ2n) is 13.8. The van der Waals surface area contributed by atoms with E-state index in [0.29, 0.717) is 81.2 Å². The summed E-state index contributed by atoms with van der Waals surface area (Å²) in [7, 11) is 0. The molecular weight excluding hydrogens is 638 g/mol. The summed E-state index contributed by atoms with van der Waals surface area (Å²) in [5.74, 6) is 0.744. The van der Waals surface area contributed by atoms with Gasteiger partial charge in [-0.25, -0.2) is 4.79 Å². The van der Waals surface area contributed by atoms with Crippen LogP contribution in [0.4, 0.5) is 23.5 Å². The first-order valence-corrected chi connectivity index (χ1v) is 17.2. The molecule has 0 radical (unpaired) electrons. The molecule has 50 heavy (non-hydrogen) atoms. The van der Waals surface area contributed by atoms with Gasteiger partial charge in [-0.1, -0.05) is 12.1 Å². The fourth-order valence-corrected chi connectivity index (χ4v) is 7.41. The number of hydrogen-bond donors (Lipinski definition) is 6. The number of nitrogens with one attached hydrogen (secondary N) is 2. The third kappa shape index (κ3) is 7.33. The Morgan fingerprint density at radius 1 is 0.780 bits per heavy atom. The highest BCUT2D eigenvalue weighted by Gasteiger charge is 2.30. The quantitative estimate of drug-likeness (QED) is 0.109.